The number of phenolic OH excluding ortho intramolecular Hbond substituents is 1. The third-order valence-electron chi connectivity index (χ3n) is 1.60. The summed E-state index contributed by atoms with van der Waals surface area (Å²) in [5.74, 6) is -2.13. The van der Waals surface area contributed by atoms with Crippen molar-refractivity contribution in [2.24, 2.45) is 5.73 Å². The summed E-state index contributed by atoms with van der Waals surface area (Å²) in [6.45, 7) is 0. The topological polar surface area (TPSA) is 136 Å². The number of nitrogens with two attached hydrogens (primary N) is 3. The predicted octanol–water partition coefficient (Wildman–Crippen LogP) is -0.639. The van der Waals surface area contributed by atoms with Gasteiger partial charge in [0.05, 0.1) is 11.4 Å². The number of rotatable bonds is 1. The van der Waals surface area contributed by atoms with Crippen LogP contribution in [0.5, 0.6) is 11.5 Å². The van der Waals surface area contributed by atoms with Gasteiger partial charge in [0.15, 0.2) is 11.5 Å². The molecule has 8 N–H and O–H groups in total. The van der Waals surface area contributed by atoms with Gasteiger partial charge >= 0.3 is 0 Å². The molecule has 6 heteroatoms. The van der Waals surface area contributed by atoms with Crippen molar-refractivity contribution in [3.63, 3.8) is 0 Å². The molecule has 0 aliphatic heterocycles. The van der Waals surface area contributed by atoms with E-state index in [-0.39, 0.29) is 16.9 Å². The molecular formula is C7H9N3O3. The molecule has 0 aliphatic carbocycles. The second kappa shape index (κ2) is 2.74. The Balaban J connectivity index is 3.56. The van der Waals surface area contributed by atoms with E-state index in [1.54, 1.807) is 0 Å². The largest absolute Gasteiger partial charge is 0.504 e. The number of carbonyl (C=O) groups is 1. The predicted molar refractivity (Wildman–Crippen MR) is 47.1 cm³/mol. The lowest BCUT2D eigenvalue weighted by Gasteiger charge is -2.08. The number of nitrogen functional groups attached to an aromatic ring is 2. The Morgan fingerprint density at radius 3 is 2.31 bits per heavy atom. The maximum Gasteiger partial charge on any atom is 0.254 e. The summed E-state index contributed by atoms with van der Waals surface area (Å²) in [6, 6.07) is 1.04. The first kappa shape index (κ1) is 8.98. The quantitative estimate of drug-likeness (QED) is 0.224. The normalized spacial score (nSPS) is 9.85. The molecule has 0 bridgehead atoms. The molecule has 70 valence electrons. The maximum absolute atomic E-state index is 10.8. The Labute approximate surface area is 73.6 Å². The highest BCUT2D eigenvalue weighted by molar-refractivity contribution is 6.04. The van der Waals surface area contributed by atoms with Gasteiger partial charge < -0.3 is 27.4 Å². The summed E-state index contributed by atoms with van der Waals surface area (Å²) in [7, 11) is 0. The van der Waals surface area contributed by atoms with Crippen molar-refractivity contribution >= 4 is 17.3 Å². The summed E-state index contributed by atoms with van der Waals surface area (Å²) in [5, 5.41) is 18.2. The second-order valence-corrected chi connectivity index (χ2v) is 2.49. The first-order valence-corrected chi connectivity index (χ1v) is 3.34. The van der Waals surface area contributed by atoms with E-state index in [9.17, 15) is 9.90 Å². The van der Waals surface area contributed by atoms with Crippen LogP contribution in [-0.4, -0.2) is 16.1 Å². The first-order valence-electron chi connectivity index (χ1n) is 3.34. The van der Waals surface area contributed by atoms with Crippen LogP contribution in [0.2, 0.25) is 0 Å². The minimum Gasteiger partial charge on any atom is -0.504 e. The molecule has 0 heterocycles. The molecule has 0 aromatic heterocycles. The standard InChI is InChI=1S/C7H9N3O3/c8-2-1-3(11)6(12)4(5(2)9)7(10)13/h1,11-12H,8-9H2,(H2,10,13). The van der Waals surface area contributed by atoms with Crippen molar-refractivity contribution < 1.29 is 15.0 Å². The maximum atomic E-state index is 10.8. The summed E-state index contributed by atoms with van der Waals surface area (Å²) in [6.07, 6.45) is 0. The summed E-state index contributed by atoms with van der Waals surface area (Å²) in [4.78, 5) is 10.8. The number of aromatic hydroxyl groups is 2. The Morgan fingerprint density at radius 2 is 1.85 bits per heavy atom. The van der Waals surface area contributed by atoms with Crippen molar-refractivity contribution in [2.75, 3.05) is 11.5 Å². The number of anilines is 2. The number of hydrogen-bond acceptors (Lipinski definition) is 5. The van der Waals surface area contributed by atoms with Gasteiger partial charge in [-0.3, -0.25) is 4.79 Å². The third-order valence-corrected chi connectivity index (χ3v) is 1.60. The number of phenols is 2. The molecule has 6 nitrogen and oxygen atoms in total. The van der Waals surface area contributed by atoms with Crippen LogP contribution >= 0.6 is 0 Å². The highest BCUT2D eigenvalue weighted by atomic mass is 16.3. The van der Waals surface area contributed by atoms with E-state index in [2.05, 4.69) is 0 Å². The molecular weight excluding hydrogens is 174 g/mol. The zero-order valence-corrected chi connectivity index (χ0v) is 6.61. The highest BCUT2D eigenvalue weighted by Crippen LogP contribution is 2.36. The first-order chi connectivity index (χ1) is 5.95. The van der Waals surface area contributed by atoms with Crippen LogP contribution in [0.3, 0.4) is 0 Å². The summed E-state index contributed by atoms with van der Waals surface area (Å²) in [5.41, 5.74) is 15.1. The number of carbonyl (C=O) groups excluding carboxylic acids is 1. The molecule has 13 heavy (non-hydrogen) atoms. The van der Waals surface area contributed by atoms with Gasteiger partial charge in [-0.05, 0) is 0 Å². The molecule has 0 saturated carbocycles. The third kappa shape index (κ3) is 1.28. The summed E-state index contributed by atoms with van der Waals surface area (Å²) < 4.78 is 0. The van der Waals surface area contributed by atoms with Gasteiger partial charge in [-0.2, -0.15) is 0 Å². The van der Waals surface area contributed by atoms with Gasteiger partial charge in [0.25, 0.3) is 5.91 Å². The van der Waals surface area contributed by atoms with Crippen molar-refractivity contribution in [2.45, 2.75) is 0 Å². The van der Waals surface area contributed by atoms with Crippen molar-refractivity contribution in [3.05, 3.63) is 11.6 Å². The van der Waals surface area contributed by atoms with Crippen molar-refractivity contribution in [1.29, 1.82) is 0 Å². The van der Waals surface area contributed by atoms with E-state index in [0.29, 0.717) is 0 Å². The molecule has 1 aromatic rings. The van der Waals surface area contributed by atoms with Crippen LogP contribution in [0.1, 0.15) is 10.4 Å². The minimum absolute atomic E-state index is 0.0101. The number of benzene rings is 1. The number of hydrogen-bond donors (Lipinski definition) is 5. The zero-order valence-electron chi connectivity index (χ0n) is 6.61. The van der Waals surface area contributed by atoms with E-state index in [4.69, 9.17) is 22.3 Å². The van der Waals surface area contributed by atoms with Gasteiger partial charge in [-0.15, -0.1) is 0 Å². The lowest BCUT2D eigenvalue weighted by molar-refractivity contribution is 0.0998. The minimum atomic E-state index is -0.947. The van der Waals surface area contributed by atoms with Gasteiger partial charge in [0.1, 0.15) is 5.56 Å². The Bertz CT molecular complexity index is 349. The van der Waals surface area contributed by atoms with Crippen molar-refractivity contribution in [3.8, 4) is 11.5 Å². The molecule has 0 aliphatic rings. The molecule has 0 unspecified atom stereocenters. The molecule has 0 radical (unpaired) electrons. The highest BCUT2D eigenvalue weighted by Gasteiger charge is 2.17. The fourth-order valence-electron chi connectivity index (χ4n) is 0.943. The van der Waals surface area contributed by atoms with Crippen LogP contribution in [0.4, 0.5) is 11.4 Å². The smallest absolute Gasteiger partial charge is 0.254 e. The van der Waals surface area contributed by atoms with E-state index >= 15 is 0 Å². The fraction of sp³-hybridized carbons (Fsp3) is 0. The molecule has 0 atom stereocenters. The lowest BCUT2D eigenvalue weighted by atomic mass is 10.1. The Kier molecular flexibility index (Phi) is 1.89. The Morgan fingerprint density at radius 1 is 1.31 bits per heavy atom. The fourth-order valence-corrected chi connectivity index (χ4v) is 0.943. The van der Waals surface area contributed by atoms with E-state index in [1.165, 1.54) is 0 Å². The average molecular weight is 183 g/mol. The monoisotopic (exact) mass is 183 g/mol. The van der Waals surface area contributed by atoms with Gasteiger partial charge in [-0.1, -0.05) is 0 Å². The number of amides is 1. The Hall–Kier alpha value is -2.11. The molecule has 0 saturated heterocycles. The van der Waals surface area contributed by atoms with Gasteiger partial charge in [-0.25, -0.2) is 0 Å². The van der Waals surface area contributed by atoms with Crippen LogP contribution < -0.4 is 17.2 Å². The van der Waals surface area contributed by atoms with Gasteiger partial charge in [0, 0.05) is 6.07 Å². The zero-order chi connectivity index (χ0) is 10.2. The van der Waals surface area contributed by atoms with Crippen LogP contribution in [0.25, 0.3) is 0 Å². The van der Waals surface area contributed by atoms with E-state index in [1.807, 2.05) is 0 Å². The van der Waals surface area contributed by atoms with Crippen LogP contribution in [-0.2, 0) is 0 Å². The molecule has 1 amide bonds. The second-order valence-electron chi connectivity index (χ2n) is 2.49. The van der Waals surface area contributed by atoms with Crippen LogP contribution in [0, 0.1) is 0 Å². The van der Waals surface area contributed by atoms with Crippen LogP contribution in [0.15, 0.2) is 6.07 Å². The lowest BCUT2D eigenvalue weighted by Crippen LogP contribution is -2.14. The summed E-state index contributed by atoms with van der Waals surface area (Å²) >= 11 is 0. The molecule has 0 spiro atoms. The van der Waals surface area contributed by atoms with Crippen molar-refractivity contribution in [1.82, 2.24) is 0 Å². The molecule has 1 aromatic carbocycles. The van der Waals surface area contributed by atoms with E-state index < -0.39 is 17.4 Å². The molecule has 0 fully saturated rings. The SMILES string of the molecule is NC(=O)c1c(N)c(N)cc(O)c1O. The van der Waals surface area contributed by atoms with E-state index in [0.717, 1.165) is 6.07 Å². The molecule has 1 rings (SSSR count). The number of primary amides is 1. The average Bonchev–Trinajstić information content (AvgIpc) is 2.01. The van der Waals surface area contributed by atoms with Gasteiger partial charge in [0.2, 0.25) is 0 Å².